The largest absolute Gasteiger partial charge is 0.461 e. The molecule has 4 aromatic carbocycles. The number of nitrogens with zero attached hydrogens (tertiary/aromatic N) is 3. The molecule has 1 fully saturated rings. The Labute approximate surface area is 331 Å². The first kappa shape index (κ1) is 40.4. The van der Waals surface area contributed by atoms with Gasteiger partial charge < -0.3 is 24.6 Å². The third kappa shape index (κ3) is 10.1. The Kier molecular flexibility index (Phi) is 13.1. The molecule has 0 radical (unpaired) electrons. The van der Waals surface area contributed by atoms with Crippen molar-refractivity contribution in [1.82, 2.24) is 9.62 Å². The van der Waals surface area contributed by atoms with Crippen LogP contribution in [0.5, 0.6) is 0 Å². The molecule has 2 N–H and O–H groups in total. The fraction of sp³-hybridized carbons (Fsp3) is 0.317. The van der Waals surface area contributed by atoms with E-state index < -0.39 is 43.0 Å². The number of anilines is 2. The number of rotatable bonds is 11. The van der Waals surface area contributed by atoms with Crippen LogP contribution in [0.25, 0.3) is 6.08 Å². The summed E-state index contributed by atoms with van der Waals surface area (Å²) in [6, 6.07) is 27.8. The van der Waals surface area contributed by atoms with Gasteiger partial charge in [-0.2, -0.15) is 0 Å². The molecule has 2 aliphatic rings. The second-order valence-corrected chi connectivity index (χ2v) is 16.6. The molecule has 6 rings (SSSR count). The summed E-state index contributed by atoms with van der Waals surface area (Å²) in [5.41, 5.74) is 0.526. The predicted molar refractivity (Wildman–Crippen MR) is 218 cm³/mol. The van der Waals surface area contributed by atoms with Crippen molar-refractivity contribution >= 4 is 56.8 Å². The van der Waals surface area contributed by atoms with E-state index in [1.807, 2.05) is 77.3 Å². The van der Waals surface area contributed by atoms with E-state index in [1.54, 1.807) is 31.0 Å². The summed E-state index contributed by atoms with van der Waals surface area (Å²) in [4.78, 5) is 43.0. The third-order valence-corrected chi connectivity index (χ3v) is 12.5. The number of methoxy groups -OCH3 is 1. The van der Waals surface area contributed by atoms with Gasteiger partial charge in [0, 0.05) is 60.8 Å². The van der Waals surface area contributed by atoms with Crippen molar-refractivity contribution in [3.63, 3.8) is 0 Å². The minimum atomic E-state index is -4.69. The molecule has 1 saturated heterocycles. The van der Waals surface area contributed by atoms with Gasteiger partial charge in [-0.15, -0.1) is 11.8 Å². The lowest BCUT2D eigenvalue weighted by Gasteiger charge is -2.40. The molecule has 294 valence electrons. The van der Waals surface area contributed by atoms with E-state index in [-0.39, 0.29) is 29.5 Å². The molecule has 1 amide bonds. The van der Waals surface area contributed by atoms with Crippen LogP contribution in [-0.4, -0.2) is 94.5 Å². The number of sulfonamides is 1. The fourth-order valence-electron chi connectivity index (χ4n) is 6.65. The zero-order chi connectivity index (χ0) is 39.7. The summed E-state index contributed by atoms with van der Waals surface area (Å²) in [6.45, 7) is 2.42. The number of carbonyl (C=O) groups excluding carboxylic acids is 2. The van der Waals surface area contributed by atoms with E-state index in [4.69, 9.17) is 9.47 Å². The number of hydrogen-bond acceptors (Lipinski definition) is 12. The molecule has 0 unspecified atom stereocenters. The topological polar surface area (TPSA) is 160 Å². The van der Waals surface area contributed by atoms with Gasteiger partial charge in [-0.1, -0.05) is 60.7 Å². The quantitative estimate of drug-likeness (QED) is 0.0737. The molecule has 0 saturated carbocycles. The fourth-order valence-corrected chi connectivity index (χ4v) is 8.66. The number of ether oxygens (including phenoxy) is 2. The molecular weight excluding hydrogens is 755 g/mol. The standard InChI is InChI=1S/C41H45N5O8S2/c1-44-22-18-32(29-55-34-11-7-4-8-12-34)42-38-36(40(48)54-26-25-44)27-35(28-37(38)46(49)50)56(51,52)43-39(47)31-13-15-33(16-14-31)45-23-20-41(53-2,21-24-45)19-17-30-9-5-3-6-10-30/h3-17,19,27-28,32,42H,18,20-26,29H2,1-2H3,(H,43,47)/t32-/m1/s1. The number of amides is 1. The number of nitrogens with one attached hydrogen (secondary N) is 2. The second kappa shape index (κ2) is 18.2. The first-order valence-electron chi connectivity index (χ1n) is 18.3. The number of likely N-dealkylation sites (N-methyl/N-ethyl adjacent to an activating group) is 1. The Morgan fingerprint density at radius 1 is 1.02 bits per heavy atom. The van der Waals surface area contributed by atoms with E-state index in [0.717, 1.165) is 41.1 Å². The number of benzene rings is 4. The molecule has 13 nitrogen and oxygen atoms in total. The van der Waals surface area contributed by atoms with Crippen LogP contribution in [0, 0.1) is 10.1 Å². The highest BCUT2D eigenvalue weighted by Gasteiger charge is 2.34. The lowest BCUT2D eigenvalue weighted by atomic mass is 9.89. The van der Waals surface area contributed by atoms with Gasteiger partial charge in [-0.25, -0.2) is 17.9 Å². The maximum atomic E-state index is 13.7. The summed E-state index contributed by atoms with van der Waals surface area (Å²) >= 11 is 1.55. The number of nitro benzene ring substituents is 1. The number of cyclic esters (lactones) is 1. The Balaban J connectivity index is 1.18. The zero-order valence-electron chi connectivity index (χ0n) is 31.3. The maximum Gasteiger partial charge on any atom is 0.340 e. The number of piperidine rings is 1. The van der Waals surface area contributed by atoms with Crippen LogP contribution in [0.2, 0.25) is 0 Å². The second-order valence-electron chi connectivity index (χ2n) is 13.8. The van der Waals surface area contributed by atoms with Crippen LogP contribution in [0.1, 0.15) is 45.5 Å². The number of nitro groups is 1. The van der Waals surface area contributed by atoms with E-state index in [9.17, 15) is 28.1 Å². The van der Waals surface area contributed by atoms with E-state index in [2.05, 4.69) is 22.4 Å². The highest BCUT2D eigenvalue weighted by Crippen LogP contribution is 2.35. The lowest BCUT2D eigenvalue weighted by Crippen LogP contribution is -2.44. The van der Waals surface area contributed by atoms with Gasteiger partial charge in [0.15, 0.2) is 0 Å². The Morgan fingerprint density at radius 3 is 2.36 bits per heavy atom. The zero-order valence-corrected chi connectivity index (χ0v) is 32.9. The molecule has 0 spiro atoms. The maximum absolute atomic E-state index is 13.7. The first-order valence-corrected chi connectivity index (χ1v) is 20.8. The normalized spacial score (nSPS) is 17.9. The molecule has 15 heteroatoms. The van der Waals surface area contributed by atoms with Crippen LogP contribution >= 0.6 is 11.8 Å². The predicted octanol–water partition coefficient (Wildman–Crippen LogP) is 6.48. The highest BCUT2D eigenvalue weighted by atomic mass is 32.2. The number of fused-ring (bicyclic) bond motifs is 1. The Morgan fingerprint density at radius 2 is 1.70 bits per heavy atom. The van der Waals surface area contributed by atoms with Gasteiger partial charge in [0.25, 0.3) is 21.6 Å². The number of thioether (sulfide) groups is 1. The summed E-state index contributed by atoms with van der Waals surface area (Å²) in [7, 11) is -1.09. The van der Waals surface area contributed by atoms with Crippen LogP contribution in [0.3, 0.4) is 0 Å². The minimum Gasteiger partial charge on any atom is -0.461 e. The van der Waals surface area contributed by atoms with Crippen LogP contribution < -0.4 is 14.9 Å². The molecule has 0 aliphatic carbocycles. The average molecular weight is 800 g/mol. The van der Waals surface area contributed by atoms with Crippen LogP contribution in [-0.2, 0) is 19.5 Å². The third-order valence-electron chi connectivity index (χ3n) is 10.0. The van der Waals surface area contributed by atoms with Crippen molar-refractivity contribution in [3.8, 4) is 0 Å². The molecular formula is C41H45N5O8S2. The van der Waals surface area contributed by atoms with Gasteiger partial charge in [-0.05, 0) is 80.9 Å². The van der Waals surface area contributed by atoms with Crippen LogP contribution in [0.15, 0.2) is 113 Å². The van der Waals surface area contributed by atoms with Gasteiger partial charge in [0.1, 0.15) is 12.3 Å². The van der Waals surface area contributed by atoms with Crippen molar-refractivity contribution in [3.05, 3.63) is 130 Å². The van der Waals surface area contributed by atoms with Gasteiger partial charge in [-0.3, -0.25) is 14.9 Å². The van der Waals surface area contributed by atoms with E-state index >= 15 is 0 Å². The van der Waals surface area contributed by atoms with Crippen molar-refractivity contribution in [1.29, 1.82) is 0 Å². The summed E-state index contributed by atoms with van der Waals surface area (Å²) in [5, 5.41) is 15.6. The summed E-state index contributed by atoms with van der Waals surface area (Å²) in [5.74, 6) is -1.34. The number of esters is 1. The Hall–Kier alpha value is -5.22. The lowest BCUT2D eigenvalue weighted by molar-refractivity contribution is -0.384. The first-order chi connectivity index (χ1) is 26.9. The SMILES string of the molecule is COC1(C=Cc2ccccc2)CCN(c2ccc(C(=O)NS(=O)(=O)c3cc4c(c([N+](=O)[O-])c3)N[C@@H](CSc3ccccc3)CCN(C)CCOC4=O)cc2)CC1. The summed E-state index contributed by atoms with van der Waals surface area (Å²) in [6.07, 6.45) is 6.24. The molecule has 1 atom stereocenters. The van der Waals surface area contributed by atoms with Crippen molar-refractivity contribution in [2.24, 2.45) is 0 Å². The molecule has 0 aromatic heterocycles. The highest BCUT2D eigenvalue weighted by molar-refractivity contribution is 7.99. The monoisotopic (exact) mass is 799 g/mol. The van der Waals surface area contributed by atoms with E-state index in [0.29, 0.717) is 38.4 Å². The number of carbonyl (C=O) groups is 2. The molecule has 2 aliphatic heterocycles. The summed E-state index contributed by atoms with van der Waals surface area (Å²) < 4.78 is 40.8. The van der Waals surface area contributed by atoms with Crippen molar-refractivity contribution in [2.45, 2.75) is 40.7 Å². The van der Waals surface area contributed by atoms with Gasteiger partial charge in [0.2, 0.25) is 0 Å². The van der Waals surface area contributed by atoms with Gasteiger partial charge >= 0.3 is 5.97 Å². The smallest absolute Gasteiger partial charge is 0.340 e. The Bertz CT molecular complexity index is 2140. The van der Waals surface area contributed by atoms with E-state index in [1.165, 1.54) is 12.1 Å². The molecule has 4 aromatic rings. The van der Waals surface area contributed by atoms with Gasteiger partial charge in [0.05, 0.1) is 21.0 Å². The minimum absolute atomic E-state index is 0.00823. The van der Waals surface area contributed by atoms with Crippen LogP contribution in [0.4, 0.5) is 17.1 Å². The molecule has 0 bridgehead atoms. The van der Waals surface area contributed by atoms with Crippen molar-refractivity contribution < 1.29 is 32.4 Å². The number of hydrogen-bond donors (Lipinski definition) is 2. The molecule has 56 heavy (non-hydrogen) atoms. The molecule has 2 heterocycles. The van der Waals surface area contributed by atoms with Crippen molar-refractivity contribution in [2.75, 3.05) is 62.9 Å². The average Bonchev–Trinajstić information content (AvgIpc) is 3.23.